The summed E-state index contributed by atoms with van der Waals surface area (Å²) in [6.07, 6.45) is 3.60. The molecule has 8 nitrogen and oxygen atoms in total. The van der Waals surface area contributed by atoms with Crippen LogP contribution in [0.3, 0.4) is 0 Å². The van der Waals surface area contributed by atoms with E-state index in [1.807, 2.05) is 0 Å². The van der Waals surface area contributed by atoms with Gasteiger partial charge in [-0.1, -0.05) is 6.42 Å². The predicted molar refractivity (Wildman–Crippen MR) is 114 cm³/mol. The molecule has 0 spiro atoms. The third kappa shape index (κ3) is 5.31. The second-order valence-corrected chi connectivity index (χ2v) is 10.7. The van der Waals surface area contributed by atoms with Gasteiger partial charge in [-0.25, -0.2) is 13.2 Å². The average Bonchev–Trinajstić information content (AvgIpc) is 3.18. The third-order valence-corrected chi connectivity index (χ3v) is 7.17. The molecule has 9 heteroatoms. The summed E-state index contributed by atoms with van der Waals surface area (Å²) in [5, 5.41) is 2.79. The van der Waals surface area contributed by atoms with Crippen molar-refractivity contribution in [1.29, 1.82) is 0 Å². The Morgan fingerprint density at radius 2 is 1.63 bits per heavy atom. The largest absolute Gasteiger partial charge is 0.444 e. The zero-order valence-electron chi connectivity index (χ0n) is 17.9. The van der Waals surface area contributed by atoms with Crippen molar-refractivity contribution in [2.45, 2.75) is 69.4 Å². The van der Waals surface area contributed by atoms with E-state index in [9.17, 15) is 18.0 Å². The fraction of sp³-hybridized carbons (Fsp3) is 0.619. The first-order chi connectivity index (χ1) is 14.1. The van der Waals surface area contributed by atoms with Crippen LogP contribution in [-0.4, -0.2) is 60.9 Å². The minimum atomic E-state index is -3.51. The first-order valence-electron chi connectivity index (χ1n) is 10.5. The lowest BCUT2D eigenvalue weighted by Crippen LogP contribution is -2.45. The Bertz CT molecular complexity index is 871. The van der Waals surface area contributed by atoms with Crippen LogP contribution in [0.5, 0.6) is 0 Å². The number of rotatable bonds is 4. The zero-order valence-corrected chi connectivity index (χ0v) is 18.7. The molecule has 2 aliphatic rings. The van der Waals surface area contributed by atoms with Gasteiger partial charge in [0.25, 0.3) is 0 Å². The Hall–Kier alpha value is -2.13. The molecule has 1 atom stereocenters. The molecular formula is C21H31N3O5S. The molecule has 1 aromatic rings. The normalized spacial score (nSPS) is 20.8. The van der Waals surface area contributed by atoms with Gasteiger partial charge in [-0.2, -0.15) is 4.31 Å². The van der Waals surface area contributed by atoms with Crippen LogP contribution < -0.4 is 5.32 Å². The van der Waals surface area contributed by atoms with Crippen molar-refractivity contribution in [2.24, 2.45) is 0 Å². The van der Waals surface area contributed by atoms with Crippen molar-refractivity contribution in [3.05, 3.63) is 24.3 Å². The summed E-state index contributed by atoms with van der Waals surface area (Å²) in [7, 11) is -3.51. The van der Waals surface area contributed by atoms with Gasteiger partial charge in [0.15, 0.2) is 0 Å². The number of hydrogen-bond donors (Lipinski definition) is 1. The first kappa shape index (κ1) is 22.6. The Morgan fingerprint density at radius 1 is 1.00 bits per heavy atom. The number of likely N-dealkylation sites (tertiary alicyclic amines) is 1. The number of nitrogens with one attached hydrogen (secondary N) is 1. The van der Waals surface area contributed by atoms with Crippen molar-refractivity contribution in [3.8, 4) is 0 Å². The summed E-state index contributed by atoms with van der Waals surface area (Å²) in [6, 6.07) is 5.60. The second-order valence-electron chi connectivity index (χ2n) is 8.81. The van der Waals surface area contributed by atoms with Crippen molar-refractivity contribution < 1.29 is 22.7 Å². The van der Waals surface area contributed by atoms with Crippen molar-refractivity contribution in [3.63, 3.8) is 0 Å². The number of nitrogens with zero attached hydrogens (tertiary/aromatic N) is 2. The molecule has 0 radical (unpaired) electrons. The molecule has 2 saturated heterocycles. The van der Waals surface area contributed by atoms with Crippen molar-refractivity contribution in [1.82, 2.24) is 9.21 Å². The van der Waals surface area contributed by atoms with E-state index in [2.05, 4.69) is 5.32 Å². The molecular weight excluding hydrogens is 406 g/mol. The molecule has 2 heterocycles. The molecule has 2 amide bonds. The molecule has 0 aromatic heterocycles. The van der Waals surface area contributed by atoms with Gasteiger partial charge >= 0.3 is 6.09 Å². The van der Waals surface area contributed by atoms with Crippen LogP contribution in [-0.2, 0) is 19.6 Å². The summed E-state index contributed by atoms with van der Waals surface area (Å²) in [5.41, 5.74) is -0.134. The van der Waals surface area contributed by atoms with E-state index in [1.165, 1.54) is 21.3 Å². The number of ether oxygens (including phenoxy) is 1. The number of anilines is 1. The van der Waals surface area contributed by atoms with E-state index in [0.717, 1.165) is 25.7 Å². The van der Waals surface area contributed by atoms with E-state index in [-0.39, 0.29) is 10.8 Å². The molecule has 3 rings (SSSR count). The molecule has 0 bridgehead atoms. The van der Waals surface area contributed by atoms with Gasteiger partial charge in [0.2, 0.25) is 15.9 Å². The predicted octanol–water partition coefficient (Wildman–Crippen LogP) is 3.20. The van der Waals surface area contributed by atoms with Crippen LogP contribution in [0.4, 0.5) is 10.5 Å². The standard InChI is InChI=1S/C21H31N3O5S/c1-21(2,3)29-20(26)24-15-7-8-18(24)19(25)22-16-9-11-17(12-10-16)30(27,28)23-13-5-4-6-14-23/h9-12,18H,4-8,13-15H2,1-3H3,(H,22,25)/t18-/m0/s1. The number of amides is 2. The molecule has 30 heavy (non-hydrogen) atoms. The molecule has 2 fully saturated rings. The van der Waals surface area contributed by atoms with Gasteiger partial charge in [-0.15, -0.1) is 0 Å². The maximum atomic E-state index is 12.7. The lowest BCUT2D eigenvalue weighted by molar-refractivity contribution is -0.120. The van der Waals surface area contributed by atoms with Crippen LogP contribution in [0.25, 0.3) is 0 Å². The van der Waals surface area contributed by atoms with Crippen LogP contribution in [0.1, 0.15) is 52.9 Å². The minimum absolute atomic E-state index is 0.221. The smallest absolute Gasteiger partial charge is 0.410 e. The number of carbonyl (C=O) groups is 2. The van der Waals surface area contributed by atoms with Gasteiger partial charge in [0, 0.05) is 25.3 Å². The van der Waals surface area contributed by atoms with Crippen molar-refractivity contribution >= 4 is 27.7 Å². The highest BCUT2D eigenvalue weighted by Crippen LogP contribution is 2.24. The fourth-order valence-corrected chi connectivity index (χ4v) is 5.29. The van der Waals surface area contributed by atoms with E-state index >= 15 is 0 Å². The third-order valence-electron chi connectivity index (χ3n) is 5.26. The van der Waals surface area contributed by atoms with Crippen LogP contribution in [0, 0.1) is 0 Å². The molecule has 0 unspecified atom stereocenters. The molecule has 1 aromatic carbocycles. The Morgan fingerprint density at radius 3 is 2.23 bits per heavy atom. The maximum absolute atomic E-state index is 12.7. The topological polar surface area (TPSA) is 96.0 Å². The van der Waals surface area contributed by atoms with Gasteiger partial charge in [0.05, 0.1) is 4.90 Å². The summed E-state index contributed by atoms with van der Waals surface area (Å²) in [6.45, 7) is 6.92. The first-order valence-corrected chi connectivity index (χ1v) is 11.9. The SMILES string of the molecule is CC(C)(C)OC(=O)N1CCC[C@H]1C(=O)Nc1ccc(S(=O)(=O)N2CCCCC2)cc1. The highest BCUT2D eigenvalue weighted by atomic mass is 32.2. The van der Waals surface area contributed by atoms with E-state index in [1.54, 1.807) is 32.9 Å². The quantitative estimate of drug-likeness (QED) is 0.780. The number of carbonyl (C=O) groups excluding carboxylic acids is 2. The molecule has 166 valence electrons. The molecule has 2 aliphatic heterocycles. The van der Waals surface area contributed by atoms with Gasteiger partial charge in [-0.3, -0.25) is 9.69 Å². The highest BCUT2D eigenvalue weighted by Gasteiger charge is 2.36. The summed E-state index contributed by atoms with van der Waals surface area (Å²) in [5.74, 6) is -0.301. The van der Waals surface area contributed by atoms with Gasteiger partial charge < -0.3 is 10.1 Å². The summed E-state index contributed by atoms with van der Waals surface area (Å²) in [4.78, 5) is 26.8. The number of piperidine rings is 1. The highest BCUT2D eigenvalue weighted by molar-refractivity contribution is 7.89. The van der Waals surface area contributed by atoms with E-state index < -0.39 is 27.8 Å². The van der Waals surface area contributed by atoms with Gasteiger partial charge in [0.1, 0.15) is 11.6 Å². The van der Waals surface area contributed by atoms with Crippen molar-refractivity contribution in [2.75, 3.05) is 25.0 Å². The lowest BCUT2D eigenvalue weighted by atomic mass is 10.2. The Balaban J connectivity index is 1.65. The molecule has 0 saturated carbocycles. The number of hydrogen-bond acceptors (Lipinski definition) is 5. The lowest BCUT2D eigenvalue weighted by Gasteiger charge is -2.28. The number of sulfonamides is 1. The monoisotopic (exact) mass is 437 g/mol. The summed E-state index contributed by atoms with van der Waals surface area (Å²) >= 11 is 0. The Kier molecular flexibility index (Phi) is 6.71. The van der Waals surface area contributed by atoms with Crippen LogP contribution in [0.2, 0.25) is 0 Å². The average molecular weight is 438 g/mol. The maximum Gasteiger partial charge on any atom is 0.410 e. The minimum Gasteiger partial charge on any atom is -0.444 e. The Labute approximate surface area is 178 Å². The van der Waals surface area contributed by atoms with Crippen LogP contribution >= 0.6 is 0 Å². The zero-order chi connectivity index (χ0) is 21.9. The second kappa shape index (κ2) is 8.93. The molecule has 1 N–H and O–H groups in total. The fourth-order valence-electron chi connectivity index (χ4n) is 3.77. The van der Waals surface area contributed by atoms with E-state index in [4.69, 9.17) is 4.74 Å². The number of benzene rings is 1. The van der Waals surface area contributed by atoms with Crippen LogP contribution in [0.15, 0.2) is 29.2 Å². The van der Waals surface area contributed by atoms with E-state index in [0.29, 0.717) is 31.7 Å². The van der Waals surface area contributed by atoms with Gasteiger partial charge in [-0.05, 0) is 70.7 Å². The summed E-state index contributed by atoms with van der Waals surface area (Å²) < 4.78 is 32.4. The molecule has 0 aliphatic carbocycles.